The molecule has 1 aliphatic heterocycles. The molecule has 0 unspecified atom stereocenters. The number of unbranched alkanes of at least 4 members (excludes halogenated alkanes) is 1. The van der Waals surface area contributed by atoms with Crippen LogP contribution in [0.4, 0.5) is 11.5 Å². The molecule has 3 heterocycles. The first-order chi connectivity index (χ1) is 19.0. The van der Waals surface area contributed by atoms with Gasteiger partial charge < -0.3 is 10.0 Å². The number of aliphatic hydroxyl groups excluding tert-OH is 1. The summed E-state index contributed by atoms with van der Waals surface area (Å²) in [5.74, 6) is 0.256. The number of aryl methyl sites for hydroxylation is 1. The molecule has 7 nitrogen and oxygen atoms in total. The number of carbonyl (C=O) groups is 2. The number of ketones is 1. The summed E-state index contributed by atoms with van der Waals surface area (Å²) < 4.78 is 0. The molecule has 2 aliphatic rings. The number of benzene rings is 1. The lowest BCUT2D eigenvalue weighted by molar-refractivity contribution is -0.111. The number of amides is 1. The van der Waals surface area contributed by atoms with E-state index in [-0.39, 0.29) is 24.0 Å². The van der Waals surface area contributed by atoms with Gasteiger partial charge in [-0.25, -0.2) is 15.0 Å². The number of hydrogen-bond donors (Lipinski definition) is 1. The van der Waals surface area contributed by atoms with Crippen LogP contribution < -0.4 is 4.90 Å². The molecule has 1 aromatic carbocycles. The molecule has 0 saturated heterocycles. The second-order valence-corrected chi connectivity index (χ2v) is 11.2. The van der Waals surface area contributed by atoms with Crippen molar-refractivity contribution in [2.45, 2.75) is 71.8 Å². The average molecular weight is 543 g/mol. The topological polar surface area (TPSA) is 95.8 Å². The number of Topliss-reactive ketones (excluding diaryl/α,β-unsaturated/α-hetero) is 1. The van der Waals surface area contributed by atoms with Gasteiger partial charge >= 0.3 is 0 Å². The van der Waals surface area contributed by atoms with E-state index in [9.17, 15) is 14.7 Å². The van der Waals surface area contributed by atoms with Gasteiger partial charge in [0.1, 0.15) is 12.0 Å². The molecule has 1 N–H and O–H groups in total. The first kappa shape index (κ1) is 27.1. The van der Waals surface area contributed by atoms with Gasteiger partial charge in [0.15, 0.2) is 11.6 Å². The average Bonchev–Trinajstić information content (AvgIpc) is 3.34. The minimum absolute atomic E-state index is 0.0244. The highest BCUT2D eigenvalue weighted by atomic mass is 32.1. The second kappa shape index (κ2) is 12.1. The molecular weight excluding hydrogens is 508 g/mol. The number of allylic oxidation sites excluding steroid dienone is 2. The normalized spacial score (nSPS) is 15.8. The standard InChI is InChI=1S/C31H34N4O3S/c1-3-4-8-21(17-26(20(2)37)34-29-13-15-32-19-33-29)22-10-7-11-27(25(22)18-36)35-16-14-24-23-9-5-6-12-28(23)39-30(24)31(35)38/h7,10-11,13,15,17,19,36H,3-6,8-9,12,14,16,18H2,1-2H3/b21-17+,34-26?. The molecule has 0 fully saturated rings. The summed E-state index contributed by atoms with van der Waals surface area (Å²) in [4.78, 5) is 43.0. The molecule has 1 aliphatic carbocycles. The number of thiophene rings is 1. The lowest BCUT2D eigenvalue weighted by Gasteiger charge is -2.30. The Hall–Kier alpha value is -3.49. The maximum atomic E-state index is 13.8. The van der Waals surface area contributed by atoms with E-state index < -0.39 is 0 Å². The van der Waals surface area contributed by atoms with Crippen LogP contribution in [0.1, 0.15) is 82.8 Å². The van der Waals surface area contributed by atoms with Gasteiger partial charge in [-0.2, -0.15) is 0 Å². The maximum absolute atomic E-state index is 13.8. The summed E-state index contributed by atoms with van der Waals surface area (Å²) in [5.41, 5.74) is 6.12. The number of aromatic nitrogens is 2. The minimum atomic E-state index is -0.217. The van der Waals surface area contributed by atoms with Crippen LogP contribution in [0.5, 0.6) is 0 Å². The van der Waals surface area contributed by atoms with Gasteiger partial charge in [0.25, 0.3) is 5.91 Å². The zero-order chi connectivity index (χ0) is 27.4. The van der Waals surface area contributed by atoms with Gasteiger partial charge in [0.05, 0.1) is 17.2 Å². The Morgan fingerprint density at radius 2 is 2.03 bits per heavy atom. The van der Waals surface area contributed by atoms with Crippen molar-refractivity contribution in [1.82, 2.24) is 9.97 Å². The van der Waals surface area contributed by atoms with Crippen LogP contribution in [0, 0.1) is 0 Å². The minimum Gasteiger partial charge on any atom is -0.392 e. The Morgan fingerprint density at radius 1 is 1.18 bits per heavy atom. The Morgan fingerprint density at radius 3 is 2.77 bits per heavy atom. The quantitative estimate of drug-likeness (QED) is 0.332. The maximum Gasteiger partial charge on any atom is 0.268 e. The molecule has 39 heavy (non-hydrogen) atoms. The SMILES string of the molecule is CCCC/C(=C\C(=Nc1ccncn1)C(C)=O)c1cccc(N2CCc3c(sc4c3CCCC4)C2=O)c1CO. The molecule has 0 saturated carbocycles. The van der Waals surface area contributed by atoms with Crippen LogP contribution in [0.15, 0.2) is 47.9 Å². The van der Waals surface area contributed by atoms with E-state index in [4.69, 9.17) is 0 Å². The van der Waals surface area contributed by atoms with Crippen LogP contribution in [0.2, 0.25) is 0 Å². The lowest BCUT2D eigenvalue weighted by atomic mass is 9.90. The highest BCUT2D eigenvalue weighted by molar-refractivity contribution is 7.14. The summed E-state index contributed by atoms with van der Waals surface area (Å²) in [5, 5.41) is 10.6. The molecule has 1 amide bonds. The van der Waals surface area contributed by atoms with E-state index >= 15 is 0 Å². The predicted octanol–water partition coefficient (Wildman–Crippen LogP) is 6.05. The number of fused-ring (bicyclic) bond motifs is 3. The molecule has 8 heteroatoms. The van der Waals surface area contributed by atoms with Crippen LogP contribution in [0.3, 0.4) is 0 Å². The number of anilines is 1. The van der Waals surface area contributed by atoms with Gasteiger partial charge in [0, 0.05) is 36.2 Å². The van der Waals surface area contributed by atoms with E-state index in [2.05, 4.69) is 21.9 Å². The lowest BCUT2D eigenvalue weighted by Crippen LogP contribution is -2.37. The fraction of sp³-hybridized carbons (Fsp3) is 0.387. The van der Waals surface area contributed by atoms with Gasteiger partial charge in [-0.1, -0.05) is 25.5 Å². The predicted molar refractivity (Wildman–Crippen MR) is 156 cm³/mol. The largest absolute Gasteiger partial charge is 0.392 e. The van der Waals surface area contributed by atoms with Crippen molar-refractivity contribution in [2.24, 2.45) is 4.99 Å². The number of nitrogens with zero attached hydrogens (tertiary/aromatic N) is 4. The van der Waals surface area contributed by atoms with Crippen molar-refractivity contribution < 1.29 is 14.7 Å². The van der Waals surface area contributed by atoms with Crippen molar-refractivity contribution in [3.63, 3.8) is 0 Å². The Labute approximate surface area is 233 Å². The summed E-state index contributed by atoms with van der Waals surface area (Å²) in [6.45, 7) is 3.98. The number of aliphatic hydroxyl groups is 1. The van der Waals surface area contributed by atoms with Gasteiger partial charge in [0.2, 0.25) is 0 Å². The number of aliphatic imine (C=N–C) groups is 1. The first-order valence-electron chi connectivity index (χ1n) is 13.8. The molecule has 3 aromatic rings. The third-order valence-corrected chi connectivity index (χ3v) is 8.85. The summed E-state index contributed by atoms with van der Waals surface area (Å²) in [6, 6.07) is 7.47. The van der Waals surface area contributed by atoms with E-state index in [1.807, 2.05) is 29.2 Å². The molecule has 2 aromatic heterocycles. The van der Waals surface area contributed by atoms with Crippen LogP contribution >= 0.6 is 11.3 Å². The molecule has 202 valence electrons. The molecular formula is C31H34N4O3S. The van der Waals surface area contributed by atoms with Gasteiger partial charge in [-0.15, -0.1) is 11.3 Å². The molecule has 0 atom stereocenters. The van der Waals surface area contributed by atoms with Gasteiger partial charge in [-0.3, -0.25) is 9.59 Å². The van der Waals surface area contributed by atoms with Crippen molar-refractivity contribution in [3.8, 4) is 0 Å². The van der Waals surface area contributed by atoms with Crippen LogP contribution in [0.25, 0.3) is 5.57 Å². The highest BCUT2D eigenvalue weighted by Crippen LogP contribution is 2.40. The zero-order valence-electron chi connectivity index (χ0n) is 22.6. The fourth-order valence-electron chi connectivity index (χ4n) is 5.54. The third kappa shape index (κ3) is 5.63. The summed E-state index contributed by atoms with van der Waals surface area (Å²) in [7, 11) is 0. The van der Waals surface area contributed by atoms with E-state index in [0.717, 1.165) is 53.8 Å². The Balaban J connectivity index is 1.56. The molecule has 0 bridgehead atoms. The van der Waals surface area contributed by atoms with Crippen molar-refractivity contribution in [3.05, 3.63) is 74.9 Å². The van der Waals surface area contributed by atoms with E-state index in [1.54, 1.807) is 23.6 Å². The van der Waals surface area contributed by atoms with Crippen LogP contribution in [-0.2, 0) is 30.7 Å². The summed E-state index contributed by atoms with van der Waals surface area (Å²) in [6.07, 6.45) is 12.7. The van der Waals surface area contributed by atoms with Crippen molar-refractivity contribution >= 4 is 45.8 Å². The van der Waals surface area contributed by atoms with Crippen LogP contribution in [-0.4, -0.2) is 39.0 Å². The number of hydrogen-bond acceptors (Lipinski definition) is 7. The number of carbonyl (C=O) groups excluding carboxylic acids is 2. The third-order valence-electron chi connectivity index (χ3n) is 7.52. The molecule has 5 rings (SSSR count). The second-order valence-electron chi connectivity index (χ2n) is 10.1. The molecule has 0 spiro atoms. The Bertz CT molecular complexity index is 1440. The van der Waals surface area contributed by atoms with Crippen molar-refractivity contribution in [1.29, 1.82) is 0 Å². The molecule has 0 radical (unpaired) electrons. The monoisotopic (exact) mass is 542 g/mol. The van der Waals surface area contributed by atoms with E-state index in [0.29, 0.717) is 24.3 Å². The zero-order valence-corrected chi connectivity index (χ0v) is 23.4. The number of rotatable bonds is 9. The summed E-state index contributed by atoms with van der Waals surface area (Å²) >= 11 is 1.66. The van der Waals surface area contributed by atoms with Gasteiger partial charge in [-0.05, 0) is 79.4 Å². The highest BCUT2D eigenvalue weighted by Gasteiger charge is 2.33. The smallest absolute Gasteiger partial charge is 0.268 e. The van der Waals surface area contributed by atoms with E-state index in [1.165, 1.54) is 42.1 Å². The Kier molecular flexibility index (Phi) is 8.43. The van der Waals surface area contributed by atoms with Crippen molar-refractivity contribution in [2.75, 3.05) is 11.4 Å². The first-order valence-corrected chi connectivity index (χ1v) is 14.6. The fourth-order valence-corrected chi connectivity index (χ4v) is 6.93.